The molecule has 0 saturated carbocycles. The van der Waals surface area contributed by atoms with Gasteiger partial charge in [-0.2, -0.15) is 13.2 Å². The van der Waals surface area contributed by atoms with E-state index in [2.05, 4.69) is 10.3 Å². The van der Waals surface area contributed by atoms with Crippen LogP contribution in [0.4, 0.5) is 17.6 Å². The summed E-state index contributed by atoms with van der Waals surface area (Å²) in [4.78, 5) is 11.9. The van der Waals surface area contributed by atoms with Gasteiger partial charge in [0, 0.05) is 12.6 Å². The molecule has 8 heteroatoms. The summed E-state index contributed by atoms with van der Waals surface area (Å²) in [7, 11) is 1.43. The lowest BCUT2D eigenvalue weighted by Gasteiger charge is -2.09. The first-order valence-electron chi connectivity index (χ1n) is 5.07. The maximum Gasteiger partial charge on any atom is 0.419 e. The Hall–Kier alpha value is -2.25. The van der Waals surface area contributed by atoms with Gasteiger partial charge in [-0.3, -0.25) is 4.79 Å². The molecule has 1 heterocycles. The summed E-state index contributed by atoms with van der Waals surface area (Å²) in [5, 5.41) is 6.95. The molecule has 1 aromatic heterocycles. The first-order valence-corrected chi connectivity index (χ1v) is 5.07. The number of nitrogens with zero attached hydrogens (tertiary/aromatic N) is 3. The van der Waals surface area contributed by atoms with Gasteiger partial charge in [-0.1, -0.05) is 5.21 Å². The fourth-order valence-corrected chi connectivity index (χ4v) is 1.53. The van der Waals surface area contributed by atoms with Crippen molar-refractivity contribution >= 4 is 5.78 Å². The minimum atomic E-state index is -4.86. The molecule has 0 aliphatic rings. The molecule has 0 aliphatic heterocycles. The third kappa shape index (κ3) is 2.47. The smallest absolute Gasteiger partial charge is 0.287 e. The quantitative estimate of drug-likeness (QED) is 0.622. The van der Waals surface area contributed by atoms with Crippen molar-refractivity contribution in [3.8, 4) is 0 Å². The highest BCUT2D eigenvalue weighted by Gasteiger charge is 2.34. The number of alkyl halides is 3. The van der Waals surface area contributed by atoms with Crippen molar-refractivity contribution in [2.75, 3.05) is 0 Å². The average molecular weight is 273 g/mol. The van der Waals surface area contributed by atoms with Crippen LogP contribution in [0, 0.1) is 5.82 Å². The summed E-state index contributed by atoms with van der Waals surface area (Å²) in [5.74, 6) is -2.13. The fourth-order valence-electron chi connectivity index (χ4n) is 1.53. The van der Waals surface area contributed by atoms with E-state index in [0.717, 1.165) is 16.9 Å². The molecule has 100 valence electrons. The first-order chi connectivity index (χ1) is 8.80. The molecule has 0 bridgehead atoms. The number of carbonyl (C=O) groups excluding carboxylic acids is 1. The molecule has 19 heavy (non-hydrogen) atoms. The van der Waals surface area contributed by atoms with Crippen molar-refractivity contribution in [1.29, 1.82) is 0 Å². The maximum absolute atomic E-state index is 13.1. The number of halogens is 4. The predicted octanol–water partition coefficient (Wildman–Crippen LogP) is 2.20. The van der Waals surface area contributed by atoms with E-state index in [1.807, 2.05) is 0 Å². The molecule has 0 radical (unpaired) electrons. The van der Waals surface area contributed by atoms with Gasteiger partial charge in [0.05, 0.1) is 11.8 Å². The molecule has 0 N–H and O–H groups in total. The van der Waals surface area contributed by atoms with Gasteiger partial charge < -0.3 is 0 Å². The van der Waals surface area contributed by atoms with Crippen molar-refractivity contribution in [2.45, 2.75) is 6.18 Å². The number of aryl methyl sites for hydroxylation is 1. The largest absolute Gasteiger partial charge is 0.419 e. The SMILES string of the molecule is Cn1nncc1C(=O)c1ccc(F)c(C(F)(F)F)c1. The third-order valence-corrected chi connectivity index (χ3v) is 2.48. The summed E-state index contributed by atoms with van der Waals surface area (Å²) < 4.78 is 51.8. The molecule has 0 amide bonds. The van der Waals surface area contributed by atoms with Gasteiger partial charge in [0.15, 0.2) is 0 Å². The average Bonchev–Trinajstić information content (AvgIpc) is 2.73. The number of aromatic nitrogens is 3. The van der Waals surface area contributed by atoms with Gasteiger partial charge in [0.25, 0.3) is 0 Å². The van der Waals surface area contributed by atoms with Crippen LogP contribution < -0.4 is 0 Å². The molecule has 0 unspecified atom stereocenters. The van der Waals surface area contributed by atoms with E-state index in [-0.39, 0.29) is 11.3 Å². The van der Waals surface area contributed by atoms with Crippen LogP contribution in [0.1, 0.15) is 21.6 Å². The van der Waals surface area contributed by atoms with Crippen LogP contribution in [0.15, 0.2) is 24.4 Å². The third-order valence-electron chi connectivity index (χ3n) is 2.48. The Morgan fingerprint density at radius 1 is 1.32 bits per heavy atom. The lowest BCUT2D eigenvalue weighted by molar-refractivity contribution is -0.140. The Labute approximate surface area is 104 Å². The zero-order chi connectivity index (χ0) is 14.2. The van der Waals surface area contributed by atoms with E-state index in [0.29, 0.717) is 12.1 Å². The van der Waals surface area contributed by atoms with Gasteiger partial charge in [-0.15, -0.1) is 5.10 Å². The monoisotopic (exact) mass is 273 g/mol. The molecule has 0 saturated heterocycles. The van der Waals surface area contributed by atoms with Crippen molar-refractivity contribution in [3.63, 3.8) is 0 Å². The number of rotatable bonds is 2. The molecule has 0 atom stereocenters. The summed E-state index contributed by atoms with van der Waals surface area (Å²) >= 11 is 0. The van der Waals surface area contributed by atoms with Gasteiger partial charge in [0.1, 0.15) is 11.5 Å². The topological polar surface area (TPSA) is 47.8 Å². The minimum absolute atomic E-state index is 0.0136. The molecule has 0 spiro atoms. The van der Waals surface area contributed by atoms with Gasteiger partial charge in [0.2, 0.25) is 5.78 Å². The zero-order valence-corrected chi connectivity index (χ0v) is 9.57. The molecule has 0 fully saturated rings. The molecule has 2 aromatic rings. The normalized spacial score (nSPS) is 11.6. The van der Waals surface area contributed by atoms with Crippen LogP contribution in [0.3, 0.4) is 0 Å². The van der Waals surface area contributed by atoms with Crippen LogP contribution in [0.2, 0.25) is 0 Å². The standard InChI is InChI=1S/C11H7F4N3O/c1-18-9(5-16-17-18)10(19)6-2-3-8(12)7(4-6)11(13,14)15/h2-5H,1H3. The number of hydrogen-bond acceptors (Lipinski definition) is 3. The van der Waals surface area contributed by atoms with Crippen molar-refractivity contribution < 1.29 is 22.4 Å². The number of hydrogen-bond donors (Lipinski definition) is 0. The van der Waals surface area contributed by atoms with Crippen LogP contribution in [0.25, 0.3) is 0 Å². The van der Waals surface area contributed by atoms with Crippen LogP contribution >= 0.6 is 0 Å². The van der Waals surface area contributed by atoms with Crippen molar-refractivity contribution in [3.05, 3.63) is 47.0 Å². The van der Waals surface area contributed by atoms with Crippen LogP contribution in [-0.2, 0) is 13.2 Å². The van der Waals surface area contributed by atoms with Gasteiger partial charge >= 0.3 is 6.18 Å². The van der Waals surface area contributed by atoms with E-state index in [9.17, 15) is 22.4 Å². The highest BCUT2D eigenvalue weighted by atomic mass is 19.4. The Morgan fingerprint density at radius 3 is 2.53 bits per heavy atom. The summed E-state index contributed by atoms with van der Waals surface area (Å²) in [6.07, 6.45) is -3.73. The van der Waals surface area contributed by atoms with Gasteiger partial charge in [-0.25, -0.2) is 9.07 Å². The Balaban J connectivity index is 2.48. The van der Waals surface area contributed by atoms with E-state index in [1.54, 1.807) is 0 Å². The van der Waals surface area contributed by atoms with Crippen molar-refractivity contribution in [1.82, 2.24) is 15.0 Å². The van der Waals surface area contributed by atoms with E-state index >= 15 is 0 Å². The lowest BCUT2D eigenvalue weighted by atomic mass is 10.0. The molecular formula is C11H7F4N3O. The zero-order valence-electron chi connectivity index (χ0n) is 9.57. The molecular weight excluding hydrogens is 266 g/mol. The minimum Gasteiger partial charge on any atom is -0.287 e. The molecule has 1 aromatic carbocycles. The molecule has 2 rings (SSSR count). The highest BCUT2D eigenvalue weighted by molar-refractivity contribution is 6.07. The van der Waals surface area contributed by atoms with E-state index in [1.165, 1.54) is 7.05 Å². The summed E-state index contributed by atoms with van der Waals surface area (Å²) in [6.45, 7) is 0. The van der Waals surface area contributed by atoms with Crippen LogP contribution in [-0.4, -0.2) is 20.8 Å². The summed E-state index contributed by atoms with van der Waals surface area (Å²) in [6, 6.07) is 2.07. The molecule has 0 aliphatic carbocycles. The number of ketones is 1. The summed E-state index contributed by atoms with van der Waals surface area (Å²) in [5.41, 5.74) is -1.74. The molecule has 4 nitrogen and oxygen atoms in total. The van der Waals surface area contributed by atoms with Crippen LogP contribution in [0.5, 0.6) is 0 Å². The predicted molar refractivity (Wildman–Crippen MR) is 55.8 cm³/mol. The first kappa shape index (κ1) is 13.2. The highest BCUT2D eigenvalue weighted by Crippen LogP contribution is 2.32. The lowest BCUT2D eigenvalue weighted by Crippen LogP contribution is -2.12. The van der Waals surface area contributed by atoms with E-state index < -0.39 is 23.3 Å². The van der Waals surface area contributed by atoms with Gasteiger partial charge in [-0.05, 0) is 18.2 Å². The Bertz CT molecular complexity index is 633. The second-order valence-electron chi connectivity index (χ2n) is 3.76. The Morgan fingerprint density at radius 2 is 2.00 bits per heavy atom. The second kappa shape index (κ2) is 4.45. The van der Waals surface area contributed by atoms with E-state index in [4.69, 9.17) is 0 Å². The second-order valence-corrected chi connectivity index (χ2v) is 3.76. The van der Waals surface area contributed by atoms with Crippen molar-refractivity contribution in [2.24, 2.45) is 7.05 Å². The maximum atomic E-state index is 13.1. The number of carbonyl (C=O) groups is 1. The Kier molecular flexibility index (Phi) is 3.09. The number of benzene rings is 1. The fraction of sp³-hybridized carbons (Fsp3) is 0.182.